The summed E-state index contributed by atoms with van der Waals surface area (Å²) in [5.41, 5.74) is 4.84. The lowest BCUT2D eigenvalue weighted by Gasteiger charge is -2.19. The number of aromatic nitrogens is 2. The number of benzene rings is 2. The number of aryl methyl sites for hydroxylation is 1. The van der Waals surface area contributed by atoms with Crippen LogP contribution in [0.25, 0.3) is 0 Å². The molecule has 2 heterocycles. The number of ether oxygens (including phenoxy) is 2. The van der Waals surface area contributed by atoms with Crippen molar-refractivity contribution in [2.24, 2.45) is 4.99 Å². The van der Waals surface area contributed by atoms with Gasteiger partial charge in [0.05, 0.1) is 36.9 Å². The van der Waals surface area contributed by atoms with E-state index in [9.17, 15) is 0 Å². The second-order valence-electron chi connectivity index (χ2n) is 7.53. The van der Waals surface area contributed by atoms with Gasteiger partial charge in [-0.15, -0.1) is 6.58 Å². The molecule has 4 rings (SSSR count). The minimum atomic E-state index is -0.00743. The molecule has 160 valence electrons. The van der Waals surface area contributed by atoms with E-state index < -0.39 is 0 Å². The zero-order valence-corrected chi connectivity index (χ0v) is 18.8. The summed E-state index contributed by atoms with van der Waals surface area (Å²) in [5.74, 6) is 2.07. The summed E-state index contributed by atoms with van der Waals surface area (Å²) in [5, 5.41) is 8.76. The van der Waals surface area contributed by atoms with Crippen LogP contribution in [0.3, 0.4) is 0 Å². The Hall–Kier alpha value is -3.25. The van der Waals surface area contributed by atoms with Gasteiger partial charge in [0.15, 0.2) is 17.3 Å². The van der Waals surface area contributed by atoms with Gasteiger partial charge in [-0.2, -0.15) is 5.10 Å². The number of anilines is 2. The smallest absolute Gasteiger partial charge is 0.162 e. The Kier molecular flexibility index (Phi) is 5.74. The third kappa shape index (κ3) is 3.91. The molecule has 1 N–H and O–H groups in total. The van der Waals surface area contributed by atoms with Crippen LogP contribution in [0.4, 0.5) is 17.2 Å². The van der Waals surface area contributed by atoms with Crippen LogP contribution in [0.2, 0.25) is 5.02 Å². The van der Waals surface area contributed by atoms with Crippen molar-refractivity contribution in [1.82, 2.24) is 9.78 Å². The monoisotopic (exact) mass is 436 g/mol. The first kappa shape index (κ1) is 21.0. The molecule has 0 spiro atoms. The highest BCUT2D eigenvalue weighted by Gasteiger charge is 2.26. The molecule has 0 saturated carbocycles. The fourth-order valence-electron chi connectivity index (χ4n) is 3.61. The molecule has 0 unspecified atom stereocenters. The zero-order chi connectivity index (χ0) is 22.1. The molecule has 3 aromatic rings. The number of fused-ring (bicyclic) bond motifs is 2. The largest absolute Gasteiger partial charge is 0.493 e. The number of nitrogens with one attached hydrogen (secondary N) is 1. The lowest BCUT2D eigenvalue weighted by Crippen LogP contribution is -2.11. The van der Waals surface area contributed by atoms with Crippen LogP contribution in [0, 0.1) is 6.92 Å². The van der Waals surface area contributed by atoms with E-state index in [1.807, 2.05) is 61.9 Å². The number of allylic oxidation sites excluding steroid dienone is 1. The maximum atomic E-state index is 6.59. The highest BCUT2D eigenvalue weighted by molar-refractivity contribution is 6.36. The minimum absolute atomic E-state index is 0.00743. The summed E-state index contributed by atoms with van der Waals surface area (Å²) in [4.78, 5) is 5.05. The number of nitrogens with zero attached hydrogens (tertiary/aromatic N) is 3. The predicted octanol–water partition coefficient (Wildman–Crippen LogP) is 6.05. The summed E-state index contributed by atoms with van der Waals surface area (Å²) < 4.78 is 13.5. The van der Waals surface area contributed by atoms with Gasteiger partial charge in [-0.3, -0.25) is 0 Å². The zero-order valence-electron chi connectivity index (χ0n) is 18.1. The minimum Gasteiger partial charge on any atom is -0.493 e. The summed E-state index contributed by atoms with van der Waals surface area (Å²) in [6, 6.07) is 11.6. The fourth-order valence-corrected chi connectivity index (χ4v) is 3.83. The van der Waals surface area contributed by atoms with Gasteiger partial charge in [0.1, 0.15) is 5.69 Å². The first-order chi connectivity index (χ1) is 14.9. The maximum absolute atomic E-state index is 6.59. The molecule has 31 heavy (non-hydrogen) atoms. The lowest BCUT2D eigenvalue weighted by atomic mass is 9.99. The number of methoxy groups -OCH3 is 1. The highest BCUT2D eigenvalue weighted by atomic mass is 35.5. The molecule has 6 nitrogen and oxygen atoms in total. The lowest BCUT2D eigenvalue weighted by molar-refractivity contribution is 0.230. The van der Waals surface area contributed by atoms with E-state index in [1.54, 1.807) is 13.2 Å². The van der Waals surface area contributed by atoms with Crippen molar-refractivity contribution >= 4 is 34.5 Å². The topological polar surface area (TPSA) is 60.7 Å². The Bertz CT molecular complexity index is 1180. The van der Waals surface area contributed by atoms with Crippen LogP contribution in [0.15, 0.2) is 54.0 Å². The van der Waals surface area contributed by atoms with Crippen LogP contribution in [0.5, 0.6) is 11.5 Å². The molecule has 0 atom stereocenters. The third-order valence-electron chi connectivity index (χ3n) is 4.93. The molecule has 0 bridgehead atoms. The maximum Gasteiger partial charge on any atom is 0.162 e. The van der Waals surface area contributed by atoms with Crippen molar-refractivity contribution in [3.63, 3.8) is 0 Å². The van der Waals surface area contributed by atoms with Gasteiger partial charge in [-0.25, -0.2) is 9.67 Å². The van der Waals surface area contributed by atoms with E-state index in [0.29, 0.717) is 23.1 Å². The van der Waals surface area contributed by atoms with Gasteiger partial charge >= 0.3 is 0 Å². The highest BCUT2D eigenvalue weighted by Crippen LogP contribution is 2.43. The fraction of sp³-hybridized carbons (Fsp3) is 0.250. The number of hydrogen-bond acceptors (Lipinski definition) is 5. The molecule has 0 aliphatic carbocycles. The summed E-state index contributed by atoms with van der Waals surface area (Å²) >= 11 is 6.59. The average molecular weight is 437 g/mol. The quantitative estimate of drug-likeness (QED) is 0.373. The molecule has 2 aromatic carbocycles. The van der Waals surface area contributed by atoms with Gasteiger partial charge in [-0.05, 0) is 32.9 Å². The average Bonchev–Trinajstić information content (AvgIpc) is 2.91. The van der Waals surface area contributed by atoms with Crippen molar-refractivity contribution in [3.8, 4) is 11.5 Å². The predicted molar refractivity (Wildman–Crippen MR) is 126 cm³/mol. The Labute approximate surface area is 187 Å². The number of aliphatic imine (C=N–C) groups is 1. The first-order valence-corrected chi connectivity index (χ1v) is 10.5. The van der Waals surface area contributed by atoms with Crippen molar-refractivity contribution < 1.29 is 9.47 Å². The van der Waals surface area contributed by atoms with Gasteiger partial charge in [0.2, 0.25) is 0 Å². The standard InChI is InChI=1S/C24H25ClN4O2/c1-6-11-29-24-22(15(4)28-29)27-23(16-9-7-8-10-18(16)25)17-12-21(31-14(2)3)20(30-5)13-19(17)26-24/h6-10,12-14,26H,1,11H2,2-5H3. The first-order valence-electron chi connectivity index (χ1n) is 10.1. The van der Waals surface area contributed by atoms with E-state index in [2.05, 4.69) is 17.0 Å². The van der Waals surface area contributed by atoms with Crippen LogP contribution in [0.1, 0.15) is 30.7 Å². The Morgan fingerprint density at radius 3 is 2.65 bits per heavy atom. The molecule has 1 aromatic heterocycles. The molecule has 1 aliphatic rings. The van der Waals surface area contributed by atoms with E-state index >= 15 is 0 Å². The molecule has 0 saturated heterocycles. The molecule has 1 aliphatic heterocycles. The van der Waals surface area contributed by atoms with Crippen molar-refractivity contribution in [2.45, 2.75) is 33.4 Å². The molecule has 7 heteroatoms. The van der Waals surface area contributed by atoms with Crippen molar-refractivity contribution in [3.05, 3.63) is 70.9 Å². The van der Waals surface area contributed by atoms with Crippen molar-refractivity contribution in [1.29, 1.82) is 0 Å². The second-order valence-corrected chi connectivity index (χ2v) is 7.94. The van der Waals surface area contributed by atoms with Crippen molar-refractivity contribution in [2.75, 3.05) is 12.4 Å². The number of halogens is 1. The Balaban J connectivity index is 2.02. The van der Waals surface area contributed by atoms with Crippen LogP contribution in [-0.4, -0.2) is 28.7 Å². The Morgan fingerprint density at radius 2 is 1.97 bits per heavy atom. The molecule has 0 amide bonds. The van der Waals surface area contributed by atoms with Crippen LogP contribution in [-0.2, 0) is 6.54 Å². The van der Waals surface area contributed by atoms with Gasteiger partial charge < -0.3 is 14.8 Å². The number of rotatable bonds is 6. The SMILES string of the molecule is C=CCn1nc(C)c2c1Nc1cc(OC)c(OC(C)C)cc1C(c1ccccc1Cl)=N2. The van der Waals surface area contributed by atoms with Crippen LogP contribution >= 0.6 is 11.6 Å². The van der Waals surface area contributed by atoms with E-state index in [4.69, 9.17) is 26.1 Å². The molecular formula is C24H25ClN4O2. The molecular weight excluding hydrogens is 412 g/mol. The molecule has 0 fully saturated rings. The number of hydrogen-bond donors (Lipinski definition) is 1. The summed E-state index contributed by atoms with van der Waals surface area (Å²) in [6.45, 7) is 10.3. The van der Waals surface area contributed by atoms with Crippen LogP contribution < -0.4 is 14.8 Å². The van der Waals surface area contributed by atoms with E-state index in [0.717, 1.165) is 39.7 Å². The van der Waals surface area contributed by atoms with Gasteiger partial charge in [0.25, 0.3) is 0 Å². The molecule has 0 radical (unpaired) electrons. The van der Waals surface area contributed by atoms with Gasteiger partial charge in [-0.1, -0.05) is 35.9 Å². The van der Waals surface area contributed by atoms with E-state index in [1.165, 1.54) is 0 Å². The normalized spacial score (nSPS) is 12.4. The summed E-state index contributed by atoms with van der Waals surface area (Å²) in [7, 11) is 1.63. The van der Waals surface area contributed by atoms with Gasteiger partial charge in [0, 0.05) is 22.2 Å². The third-order valence-corrected chi connectivity index (χ3v) is 5.25. The second kappa shape index (κ2) is 8.47. The Morgan fingerprint density at radius 1 is 1.19 bits per heavy atom. The summed E-state index contributed by atoms with van der Waals surface area (Å²) in [6.07, 6.45) is 1.80. The van der Waals surface area contributed by atoms with E-state index in [-0.39, 0.29) is 6.10 Å².